The number of nitrogen functional groups attached to an aromatic ring is 1. The van der Waals surface area contributed by atoms with E-state index in [1.807, 2.05) is 6.20 Å². The van der Waals surface area contributed by atoms with Crippen molar-refractivity contribution < 1.29 is 0 Å². The molecule has 1 aromatic carbocycles. The molecular formula is C11H13ClN2S. The molecule has 2 N–H and O–H groups in total. The maximum absolute atomic E-state index is 5.57. The number of hydrogen-bond acceptors (Lipinski definition) is 3. The number of hydrogen-bond donors (Lipinski definition) is 1. The van der Waals surface area contributed by atoms with Gasteiger partial charge in [-0.15, -0.1) is 23.7 Å². The van der Waals surface area contributed by atoms with Crippen LogP contribution < -0.4 is 5.73 Å². The second kappa shape index (κ2) is 5.14. The number of halogens is 1. The summed E-state index contributed by atoms with van der Waals surface area (Å²) in [4.78, 5) is 5.25. The third-order valence-corrected chi connectivity index (χ3v) is 2.86. The molecule has 0 atom stereocenters. The normalized spacial score (nSPS) is 9.67. The second-order valence-corrected chi connectivity index (χ2v) is 4.48. The first kappa shape index (κ1) is 12.0. The molecule has 4 heteroatoms. The first-order chi connectivity index (χ1) is 6.74. The summed E-state index contributed by atoms with van der Waals surface area (Å²) in [5.41, 5.74) is 8.17. The van der Waals surface area contributed by atoms with Crippen LogP contribution in [-0.2, 0) is 6.42 Å². The highest BCUT2D eigenvalue weighted by atomic mass is 35.5. The van der Waals surface area contributed by atoms with Crippen LogP contribution in [0.2, 0.25) is 0 Å². The number of rotatable bonds is 2. The molecule has 1 aromatic heterocycles. The second-order valence-electron chi connectivity index (χ2n) is 3.33. The van der Waals surface area contributed by atoms with Crippen LogP contribution in [0.4, 0.5) is 5.13 Å². The minimum Gasteiger partial charge on any atom is -0.375 e. The summed E-state index contributed by atoms with van der Waals surface area (Å²) in [6.07, 6.45) is 2.78. The highest BCUT2D eigenvalue weighted by Gasteiger charge is 2.00. The summed E-state index contributed by atoms with van der Waals surface area (Å²) in [6, 6.07) is 8.50. The lowest BCUT2D eigenvalue weighted by Gasteiger charge is -1.99. The molecule has 0 bridgehead atoms. The van der Waals surface area contributed by atoms with Gasteiger partial charge in [-0.3, -0.25) is 0 Å². The van der Waals surface area contributed by atoms with Crippen LogP contribution in [0.1, 0.15) is 16.0 Å². The fourth-order valence-corrected chi connectivity index (χ4v) is 2.15. The van der Waals surface area contributed by atoms with Gasteiger partial charge in [0.1, 0.15) is 0 Å². The van der Waals surface area contributed by atoms with E-state index in [1.165, 1.54) is 16.0 Å². The minimum atomic E-state index is 0. The number of thiazole rings is 1. The lowest BCUT2D eigenvalue weighted by molar-refractivity contribution is 1.20. The van der Waals surface area contributed by atoms with Crippen molar-refractivity contribution in [2.45, 2.75) is 13.3 Å². The van der Waals surface area contributed by atoms with E-state index in [0.717, 1.165) is 6.42 Å². The molecule has 0 saturated heterocycles. The standard InChI is InChI=1S/C11H12N2S.ClH/c1-8-3-2-4-9(5-8)6-10-7-13-11(12)14-10;/h2-5,7H,6H2,1H3,(H2,12,13);1H. The summed E-state index contributed by atoms with van der Waals surface area (Å²) in [6.45, 7) is 2.10. The van der Waals surface area contributed by atoms with Crippen molar-refractivity contribution in [3.05, 3.63) is 46.5 Å². The van der Waals surface area contributed by atoms with E-state index in [4.69, 9.17) is 5.73 Å². The van der Waals surface area contributed by atoms with Gasteiger partial charge in [0, 0.05) is 17.5 Å². The predicted octanol–water partition coefficient (Wildman–Crippen LogP) is 3.05. The zero-order chi connectivity index (χ0) is 9.97. The molecule has 0 radical (unpaired) electrons. The Morgan fingerprint density at radius 2 is 2.20 bits per heavy atom. The van der Waals surface area contributed by atoms with Crippen LogP contribution in [0.25, 0.3) is 0 Å². The van der Waals surface area contributed by atoms with Gasteiger partial charge in [0.2, 0.25) is 0 Å². The van der Waals surface area contributed by atoms with Crippen molar-refractivity contribution in [3.8, 4) is 0 Å². The highest BCUT2D eigenvalue weighted by molar-refractivity contribution is 7.15. The third-order valence-electron chi connectivity index (χ3n) is 2.03. The van der Waals surface area contributed by atoms with E-state index in [2.05, 4.69) is 36.2 Å². The van der Waals surface area contributed by atoms with Crippen molar-refractivity contribution in [1.29, 1.82) is 0 Å². The van der Waals surface area contributed by atoms with E-state index in [-0.39, 0.29) is 12.4 Å². The molecule has 2 aromatic rings. The maximum atomic E-state index is 5.57. The summed E-state index contributed by atoms with van der Waals surface area (Å²) >= 11 is 1.56. The quantitative estimate of drug-likeness (QED) is 0.877. The Morgan fingerprint density at radius 1 is 1.40 bits per heavy atom. The molecule has 0 aliphatic carbocycles. The number of benzene rings is 1. The van der Waals surface area contributed by atoms with Gasteiger partial charge in [0.05, 0.1) is 0 Å². The molecule has 0 spiro atoms. The number of nitrogens with zero attached hydrogens (tertiary/aromatic N) is 1. The largest absolute Gasteiger partial charge is 0.375 e. The van der Waals surface area contributed by atoms with E-state index >= 15 is 0 Å². The Balaban J connectivity index is 0.00000112. The van der Waals surface area contributed by atoms with Gasteiger partial charge in [-0.05, 0) is 12.5 Å². The average molecular weight is 241 g/mol. The van der Waals surface area contributed by atoms with Gasteiger partial charge in [-0.2, -0.15) is 0 Å². The Morgan fingerprint density at radius 3 is 2.80 bits per heavy atom. The van der Waals surface area contributed by atoms with Gasteiger partial charge in [-0.1, -0.05) is 29.8 Å². The molecule has 80 valence electrons. The van der Waals surface area contributed by atoms with Gasteiger partial charge in [0.15, 0.2) is 5.13 Å². The molecule has 0 unspecified atom stereocenters. The average Bonchev–Trinajstić information content (AvgIpc) is 2.51. The van der Waals surface area contributed by atoms with Crippen LogP contribution in [0.3, 0.4) is 0 Å². The Labute approximate surface area is 99.6 Å². The molecule has 15 heavy (non-hydrogen) atoms. The van der Waals surface area contributed by atoms with E-state index in [1.54, 1.807) is 11.3 Å². The minimum absolute atomic E-state index is 0. The first-order valence-corrected chi connectivity index (χ1v) is 5.31. The van der Waals surface area contributed by atoms with E-state index in [0.29, 0.717) is 5.13 Å². The number of aromatic nitrogens is 1. The number of anilines is 1. The first-order valence-electron chi connectivity index (χ1n) is 4.50. The van der Waals surface area contributed by atoms with Gasteiger partial charge < -0.3 is 5.73 Å². The van der Waals surface area contributed by atoms with Crippen molar-refractivity contribution >= 4 is 28.9 Å². The fraction of sp³-hybridized carbons (Fsp3) is 0.182. The molecule has 0 fully saturated rings. The topological polar surface area (TPSA) is 38.9 Å². The molecule has 0 saturated carbocycles. The van der Waals surface area contributed by atoms with Crippen LogP contribution in [0.15, 0.2) is 30.5 Å². The van der Waals surface area contributed by atoms with Gasteiger partial charge >= 0.3 is 0 Å². The fourth-order valence-electron chi connectivity index (χ4n) is 1.43. The molecular weight excluding hydrogens is 228 g/mol. The molecule has 0 aliphatic rings. The summed E-state index contributed by atoms with van der Waals surface area (Å²) in [5, 5.41) is 0.646. The van der Waals surface area contributed by atoms with Crippen LogP contribution in [0, 0.1) is 6.92 Å². The number of nitrogens with two attached hydrogens (primary N) is 1. The maximum Gasteiger partial charge on any atom is 0.180 e. The smallest absolute Gasteiger partial charge is 0.180 e. The highest BCUT2D eigenvalue weighted by Crippen LogP contribution is 2.18. The zero-order valence-corrected chi connectivity index (χ0v) is 10.1. The number of aryl methyl sites for hydroxylation is 1. The lowest BCUT2D eigenvalue weighted by Crippen LogP contribution is -1.84. The van der Waals surface area contributed by atoms with Crippen LogP contribution in [0.5, 0.6) is 0 Å². The van der Waals surface area contributed by atoms with Gasteiger partial charge in [0.25, 0.3) is 0 Å². The lowest BCUT2D eigenvalue weighted by atomic mass is 10.1. The van der Waals surface area contributed by atoms with Crippen molar-refractivity contribution in [3.63, 3.8) is 0 Å². The Kier molecular flexibility index (Phi) is 4.12. The zero-order valence-electron chi connectivity index (χ0n) is 8.43. The monoisotopic (exact) mass is 240 g/mol. The van der Waals surface area contributed by atoms with Gasteiger partial charge in [-0.25, -0.2) is 4.98 Å². The van der Waals surface area contributed by atoms with Crippen LogP contribution in [-0.4, -0.2) is 4.98 Å². The SMILES string of the molecule is Cc1cccc(Cc2cnc(N)s2)c1.Cl. The molecule has 2 rings (SSSR count). The summed E-state index contributed by atoms with van der Waals surface area (Å²) < 4.78 is 0. The third kappa shape index (κ3) is 3.22. The van der Waals surface area contributed by atoms with E-state index < -0.39 is 0 Å². The van der Waals surface area contributed by atoms with Crippen molar-refractivity contribution in [2.24, 2.45) is 0 Å². The molecule has 0 amide bonds. The summed E-state index contributed by atoms with van der Waals surface area (Å²) in [5.74, 6) is 0. The Hall–Kier alpha value is -1.06. The predicted molar refractivity (Wildman–Crippen MR) is 67.8 cm³/mol. The summed E-state index contributed by atoms with van der Waals surface area (Å²) in [7, 11) is 0. The molecule has 0 aliphatic heterocycles. The van der Waals surface area contributed by atoms with Crippen molar-refractivity contribution in [2.75, 3.05) is 5.73 Å². The Bertz CT molecular complexity index is 440. The van der Waals surface area contributed by atoms with Crippen LogP contribution >= 0.6 is 23.7 Å². The van der Waals surface area contributed by atoms with E-state index in [9.17, 15) is 0 Å². The molecule has 2 nitrogen and oxygen atoms in total. The van der Waals surface area contributed by atoms with Crippen molar-refractivity contribution in [1.82, 2.24) is 4.98 Å². The molecule has 1 heterocycles.